The Hall–Kier alpha value is -2.53. The van der Waals surface area contributed by atoms with Crippen molar-refractivity contribution >= 4 is 37.5 Å². The minimum Gasteiger partial charge on any atom is -0.486 e. The zero-order valence-corrected chi connectivity index (χ0v) is 17.8. The molecule has 0 unspecified atom stereocenters. The van der Waals surface area contributed by atoms with E-state index in [1.54, 1.807) is 12.1 Å². The Balaban J connectivity index is 1.50. The molecule has 1 aliphatic rings. The van der Waals surface area contributed by atoms with E-state index >= 15 is 0 Å². The molecule has 0 radical (unpaired) electrons. The number of morpholine rings is 1. The van der Waals surface area contributed by atoms with E-state index in [0.717, 1.165) is 19.5 Å². The Bertz CT molecular complexity index is 1140. The van der Waals surface area contributed by atoms with Gasteiger partial charge in [-0.3, -0.25) is 4.79 Å². The van der Waals surface area contributed by atoms with Gasteiger partial charge in [-0.1, -0.05) is 12.1 Å². The number of carboxylic acid groups (broad SMARTS) is 1. The number of carboxylic acids is 1. The third kappa shape index (κ3) is 3.79. The maximum Gasteiger partial charge on any atom is 0.327 e. The van der Waals surface area contributed by atoms with Crippen molar-refractivity contribution in [2.24, 2.45) is 0 Å². The smallest absolute Gasteiger partial charge is 0.327 e. The molecule has 0 aliphatic carbocycles. The van der Waals surface area contributed by atoms with E-state index < -0.39 is 21.5 Å². The number of para-hydroxylation sites is 1. The summed E-state index contributed by atoms with van der Waals surface area (Å²) < 4.78 is 39.1. The second kappa shape index (κ2) is 7.95. The molecular formula is C20H20N2O6S2. The number of rotatable bonds is 6. The SMILES string of the molecule is C[C@]1(C(=O)O)COCCN1S(=O)(=O)c1ccc(OCc2nc3ccccc3s2)cc1. The molecule has 1 N–H and O–H groups in total. The lowest BCUT2D eigenvalue weighted by Gasteiger charge is -2.39. The molecule has 0 bridgehead atoms. The number of aliphatic carboxylic acids is 1. The number of carbonyl (C=O) groups is 1. The molecular weight excluding hydrogens is 428 g/mol. The van der Waals surface area contributed by atoms with Crippen molar-refractivity contribution in [1.82, 2.24) is 9.29 Å². The van der Waals surface area contributed by atoms with Gasteiger partial charge in [-0.15, -0.1) is 11.3 Å². The molecule has 2 aromatic carbocycles. The monoisotopic (exact) mass is 448 g/mol. The van der Waals surface area contributed by atoms with Gasteiger partial charge in [-0.05, 0) is 43.3 Å². The van der Waals surface area contributed by atoms with E-state index in [1.807, 2.05) is 24.3 Å². The van der Waals surface area contributed by atoms with Crippen LogP contribution in [0.4, 0.5) is 0 Å². The molecule has 10 heteroatoms. The first-order valence-corrected chi connectivity index (χ1v) is 11.5. The number of thiazole rings is 1. The predicted octanol–water partition coefficient (Wildman–Crippen LogP) is 2.74. The fraction of sp³-hybridized carbons (Fsp3) is 0.300. The zero-order valence-electron chi connectivity index (χ0n) is 16.1. The van der Waals surface area contributed by atoms with Crippen molar-refractivity contribution in [2.45, 2.75) is 24.0 Å². The lowest BCUT2D eigenvalue weighted by atomic mass is 10.0. The van der Waals surface area contributed by atoms with Crippen molar-refractivity contribution in [2.75, 3.05) is 19.8 Å². The standard InChI is InChI=1S/C20H20N2O6S2/c1-20(19(23)24)13-27-11-10-22(20)30(25,26)15-8-6-14(7-9-15)28-12-18-21-16-4-2-3-5-17(16)29-18/h2-9H,10-13H2,1H3,(H,23,24)/t20-/m1/s1. The molecule has 158 valence electrons. The number of aromatic nitrogens is 1. The van der Waals surface area contributed by atoms with Gasteiger partial charge < -0.3 is 14.6 Å². The zero-order chi connectivity index (χ0) is 21.4. The lowest BCUT2D eigenvalue weighted by molar-refractivity contribution is -0.155. The van der Waals surface area contributed by atoms with Gasteiger partial charge in [-0.25, -0.2) is 13.4 Å². The Labute approximate surface area is 177 Å². The highest BCUT2D eigenvalue weighted by Gasteiger charge is 2.48. The summed E-state index contributed by atoms with van der Waals surface area (Å²) in [5, 5.41) is 10.4. The fourth-order valence-corrected chi connectivity index (χ4v) is 5.84. The third-order valence-electron chi connectivity index (χ3n) is 4.95. The number of hydrogen-bond donors (Lipinski definition) is 1. The second-order valence-electron chi connectivity index (χ2n) is 7.04. The number of nitrogens with zero attached hydrogens (tertiary/aromatic N) is 2. The summed E-state index contributed by atoms with van der Waals surface area (Å²) in [6.45, 7) is 1.53. The third-order valence-corrected chi connectivity index (χ3v) is 7.99. The number of benzene rings is 2. The van der Waals surface area contributed by atoms with E-state index in [1.165, 1.54) is 30.4 Å². The van der Waals surface area contributed by atoms with Crippen LogP contribution in [0.3, 0.4) is 0 Å². The van der Waals surface area contributed by atoms with Gasteiger partial charge in [0.1, 0.15) is 17.4 Å². The van der Waals surface area contributed by atoms with E-state index in [4.69, 9.17) is 9.47 Å². The van der Waals surface area contributed by atoms with Gasteiger partial charge >= 0.3 is 5.97 Å². The van der Waals surface area contributed by atoms with Crippen LogP contribution in [0.25, 0.3) is 10.2 Å². The summed E-state index contributed by atoms with van der Waals surface area (Å²) in [6.07, 6.45) is 0. The maximum absolute atomic E-state index is 13.1. The number of hydrogen-bond acceptors (Lipinski definition) is 7. The first-order chi connectivity index (χ1) is 14.3. The van der Waals surface area contributed by atoms with Crippen LogP contribution in [-0.4, -0.2) is 54.1 Å². The molecule has 2 heterocycles. The fourth-order valence-electron chi connectivity index (χ4n) is 3.25. The maximum atomic E-state index is 13.1. The van der Waals surface area contributed by atoms with E-state index in [0.29, 0.717) is 5.75 Å². The van der Waals surface area contributed by atoms with Gasteiger partial charge in [0.05, 0.1) is 28.3 Å². The molecule has 0 spiro atoms. The minimum atomic E-state index is -4.01. The molecule has 1 aliphatic heterocycles. The van der Waals surface area contributed by atoms with Crippen LogP contribution >= 0.6 is 11.3 Å². The summed E-state index contributed by atoms with van der Waals surface area (Å²) in [4.78, 5) is 16.2. The van der Waals surface area contributed by atoms with Crippen LogP contribution in [0.5, 0.6) is 5.75 Å². The Kier molecular flexibility index (Phi) is 5.49. The van der Waals surface area contributed by atoms with Crippen LogP contribution in [0.2, 0.25) is 0 Å². The predicted molar refractivity (Wildman–Crippen MR) is 111 cm³/mol. The summed E-state index contributed by atoms with van der Waals surface area (Å²) in [5.74, 6) is -0.752. The molecule has 3 aromatic rings. The first kappa shape index (κ1) is 20.7. The summed E-state index contributed by atoms with van der Waals surface area (Å²) in [6, 6.07) is 13.8. The molecule has 8 nitrogen and oxygen atoms in total. The highest BCUT2D eigenvalue weighted by atomic mass is 32.2. The molecule has 1 fully saturated rings. The Morgan fingerprint density at radius 1 is 1.27 bits per heavy atom. The molecule has 1 saturated heterocycles. The second-order valence-corrected chi connectivity index (χ2v) is 10.0. The topological polar surface area (TPSA) is 106 Å². The van der Waals surface area contributed by atoms with Gasteiger partial charge in [0.25, 0.3) is 0 Å². The van der Waals surface area contributed by atoms with Gasteiger partial charge in [-0.2, -0.15) is 4.31 Å². The van der Waals surface area contributed by atoms with E-state index in [9.17, 15) is 18.3 Å². The van der Waals surface area contributed by atoms with Crippen molar-refractivity contribution in [3.8, 4) is 5.75 Å². The number of fused-ring (bicyclic) bond motifs is 1. The van der Waals surface area contributed by atoms with Crippen molar-refractivity contribution in [3.05, 3.63) is 53.5 Å². The largest absolute Gasteiger partial charge is 0.486 e. The van der Waals surface area contributed by atoms with Crippen LogP contribution in [0, 0.1) is 0 Å². The number of sulfonamides is 1. The Morgan fingerprint density at radius 2 is 2.00 bits per heavy atom. The van der Waals surface area contributed by atoms with E-state index in [-0.39, 0.29) is 31.3 Å². The van der Waals surface area contributed by atoms with Crippen molar-refractivity contribution in [3.63, 3.8) is 0 Å². The average Bonchev–Trinajstić information content (AvgIpc) is 3.16. The van der Waals surface area contributed by atoms with Gasteiger partial charge in [0.2, 0.25) is 10.0 Å². The van der Waals surface area contributed by atoms with Crippen molar-refractivity contribution < 1.29 is 27.8 Å². The molecule has 1 aromatic heterocycles. The molecule has 0 amide bonds. The van der Waals surface area contributed by atoms with E-state index in [2.05, 4.69) is 4.98 Å². The van der Waals surface area contributed by atoms with Gasteiger partial charge in [0.15, 0.2) is 5.54 Å². The molecule has 4 rings (SSSR count). The molecule has 30 heavy (non-hydrogen) atoms. The average molecular weight is 449 g/mol. The van der Waals surface area contributed by atoms with Crippen LogP contribution in [0.1, 0.15) is 11.9 Å². The minimum absolute atomic E-state index is 0.00390. The van der Waals surface area contributed by atoms with Crippen LogP contribution in [0.15, 0.2) is 53.4 Å². The van der Waals surface area contributed by atoms with Crippen LogP contribution in [-0.2, 0) is 26.2 Å². The Morgan fingerprint density at radius 3 is 2.70 bits per heavy atom. The first-order valence-electron chi connectivity index (χ1n) is 9.22. The van der Waals surface area contributed by atoms with Crippen LogP contribution < -0.4 is 4.74 Å². The highest BCUT2D eigenvalue weighted by Crippen LogP contribution is 2.29. The normalized spacial score (nSPS) is 20.3. The summed E-state index contributed by atoms with van der Waals surface area (Å²) in [5.41, 5.74) is -0.742. The number of ether oxygens (including phenoxy) is 2. The van der Waals surface area contributed by atoms with Gasteiger partial charge in [0, 0.05) is 6.54 Å². The lowest BCUT2D eigenvalue weighted by Crippen LogP contribution is -2.61. The summed E-state index contributed by atoms with van der Waals surface area (Å²) >= 11 is 1.54. The highest BCUT2D eigenvalue weighted by molar-refractivity contribution is 7.89. The molecule has 0 saturated carbocycles. The summed E-state index contributed by atoms with van der Waals surface area (Å²) in [7, 11) is -4.01. The quantitative estimate of drug-likeness (QED) is 0.618. The molecule has 1 atom stereocenters. The van der Waals surface area contributed by atoms with Crippen molar-refractivity contribution in [1.29, 1.82) is 0 Å².